The monoisotopic (exact) mass is 272 g/mol. The summed E-state index contributed by atoms with van der Waals surface area (Å²) < 4.78 is 0. The highest BCUT2D eigenvalue weighted by atomic mass is 16.2. The average molecular weight is 272 g/mol. The average Bonchev–Trinajstić information content (AvgIpc) is 2.46. The van der Waals surface area contributed by atoms with Crippen molar-refractivity contribution in [1.82, 2.24) is 4.90 Å². The van der Waals surface area contributed by atoms with Crippen molar-refractivity contribution >= 4 is 11.6 Å². The number of fused-ring (bicyclic) bond motifs is 1. The van der Waals surface area contributed by atoms with Crippen LogP contribution in [0.3, 0.4) is 0 Å². The maximum absolute atomic E-state index is 12.8. The number of para-hydroxylation sites is 1. The molecule has 2 aliphatic heterocycles. The van der Waals surface area contributed by atoms with E-state index in [0.29, 0.717) is 5.91 Å². The van der Waals surface area contributed by atoms with Crippen LogP contribution in [0.2, 0.25) is 0 Å². The van der Waals surface area contributed by atoms with E-state index in [1.165, 1.54) is 11.3 Å². The molecule has 2 heterocycles. The van der Waals surface area contributed by atoms with Gasteiger partial charge in [0.1, 0.15) is 0 Å². The summed E-state index contributed by atoms with van der Waals surface area (Å²) in [6, 6.07) is 8.56. The molecular weight excluding hydrogens is 248 g/mol. The van der Waals surface area contributed by atoms with Gasteiger partial charge in [-0.25, -0.2) is 0 Å². The summed E-state index contributed by atoms with van der Waals surface area (Å²) in [5.74, 6) is 1.19. The minimum atomic E-state index is 0.0818. The molecule has 0 aliphatic carbocycles. The smallest absolute Gasteiger partial charge is 0.228 e. The quantitative estimate of drug-likeness (QED) is 0.852. The van der Waals surface area contributed by atoms with Crippen molar-refractivity contribution < 1.29 is 4.79 Å². The van der Waals surface area contributed by atoms with Gasteiger partial charge >= 0.3 is 0 Å². The van der Waals surface area contributed by atoms with Gasteiger partial charge in [-0.1, -0.05) is 25.1 Å². The number of hydrogen-bond acceptors (Lipinski definition) is 2. The lowest BCUT2D eigenvalue weighted by Crippen LogP contribution is -2.47. The predicted molar refractivity (Wildman–Crippen MR) is 81.7 cm³/mol. The van der Waals surface area contributed by atoms with E-state index in [9.17, 15) is 4.79 Å². The van der Waals surface area contributed by atoms with Gasteiger partial charge in [-0.3, -0.25) is 4.79 Å². The number of nitrogens with zero attached hydrogens (tertiary/aromatic N) is 1. The van der Waals surface area contributed by atoms with Crippen molar-refractivity contribution in [2.45, 2.75) is 39.2 Å². The third-order valence-corrected chi connectivity index (χ3v) is 4.86. The second-order valence-electron chi connectivity index (χ2n) is 6.41. The molecule has 1 aromatic rings. The van der Waals surface area contributed by atoms with Crippen LogP contribution in [0.15, 0.2) is 24.3 Å². The second-order valence-corrected chi connectivity index (χ2v) is 6.41. The van der Waals surface area contributed by atoms with Crippen LogP contribution in [0.5, 0.6) is 0 Å². The van der Waals surface area contributed by atoms with Crippen LogP contribution >= 0.6 is 0 Å². The van der Waals surface area contributed by atoms with Crippen molar-refractivity contribution in [2.24, 2.45) is 11.8 Å². The van der Waals surface area contributed by atoms with E-state index in [-0.39, 0.29) is 12.0 Å². The number of piperidine rings is 1. The van der Waals surface area contributed by atoms with Gasteiger partial charge < -0.3 is 10.2 Å². The third kappa shape index (κ3) is 2.54. The molecule has 1 fully saturated rings. The Bertz CT molecular complexity index is 492. The number of hydrogen-bond donors (Lipinski definition) is 1. The summed E-state index contributed by atoms with van der Waals surface area (Å²) in [7, 11) is 0. The minimum Gasteiger partial charge on any atom is -0.382 e. The van der Waals surface area contributed by atoms with Gasteiger partial charge in [0.05, 0.1) is 5.92 Å². The molecular formula is C17H24N2O. The Labute approximate surface area is 121 Å². The lowest BCUT2D eigenvalue weighted by atomic mass is 9.86. The van der Waals surface area contributed by atoms with Crippen LogP contribution < -0.4 is 5.32 Å². The largest absolute Gasteiger partial charge is 0.382 e. The van der Waals surface area contributed by atoms with Gasteiger partial charge in [0.2, 0.25) is 5.91 Å². The van der Waals surface area contributed by atoms with E-state index in [1.807, 2.05) is 6.07 Å². The van der Waals surface area contributed by atoms with Crippen LogP contribution in [0.25, 0.3) is 0 Å². The van der Waals surface area contributed by atoms with Crippen molar-refractivity contribution in [3.8, 4) is 0 Å². The van der Waals surface area contributed by atoms with Gasteiger partial charge in [-0.05, 0) is 43.7 Å². The van der Waals surface area contributed by atoms with E-state index < -0.39 is 0 Å². The van der Waals surface area contributed by atoms with Crippen molar-refractivity contribution in [1.29, 1.82) is 0 Å². The van der Waals surface area contributed by atoms with Gasteiger partial charge in [0.15, 0.2) is 0 Å². The van der Waals surface area contributed by atoms with Crippen LogP contribution in [0.4, 0.5) is 5.69 Å². The molecule has 0 saturated carbocycles. The van der Waals surface area contributed by atoms with E-state index in [1.54, 1.807) is 0 Å². The van der Waals surface area contributed by atoms with Crippen LogP contribution in [0.1, 0.15) is 32.3 Å². The summed E-state index contributed by atoms with van der Waals surface area (Å²) in [5, 5.41) is 3.49. The summed E-state index contributed by atoms with van der Waals surface area (Å²) in [6.45, 7) is 6.28. The van der Waals surface area contributed by atoms with Crippen molar-refractivity contribution in [2.75, 3.05) is 18.4 Å². The maximum atomic E-state index is 12.8. The summed E-state index contributed by atoms with van der Waals surface area (Å²) in [5.41, 5.74) is 2.46. The molecule has 2 unspecified atom stereocenters. The Balaban J connectivity index is 1.72. The Morgan fingerprint density at radius 1 is 1.20 bits per heavy atom. The minimum absolute atomic E-state index is 0.0818. The Kier molecular flexibility index (Phi) is 3.68. The fourth-order valence-electron chi connectivity index (χ4n) is 3.36. The molecule has 3 nitrogen and oxygen atoms in total. The number of likely N-dealkylation sites (tertiary alicyclic amines) is 1. The molecule has 108 valence electrons. The molecule has 1 amide bonds. The van der Waals surface area contributed by atoms with Crippen molar-refractivity contribution in [3.05, 3.63) is 29.8 Å². The number of amides is 1. The number of carbonyl (C=O) groups excluding carboxylic acids is 1. The molecule has 2 aliphatic rings. The van der Waals surface area contributed by atoms with Gasteiger partial charge in [0, 0.05) is 24.8 Å². The molecule has 0 radical (unpaired) electrons. The number of anilines is 1. The summed E-state index contributed by atoms with van der Waals surface area (Å²) >= 11 is 0. The first kappa shape index (κ1) is 13.5. The van der Waals surface area contributed by atoms with Gasteiger partial charge in [-0.2, -0.15) is 0 Å². The number of benzene rings is 1. The van der Waals surface area contributed by atoms with E-state index in [2.05, 4.69) is 42.3 Å². The molecule has 0 aromatic heterocycles. The zero-order valence-corrected chi connectivity index (χ0v) is 12.4. The fourth-order valence-corrected chi connectivity index (χ4v) is 3.36. The lowest BCUT2D eigenvalue weighted by molar-refractivity contribution is -0.137. The van der Waals surface area contributed by atoms with Gasteiger partial charge in [0.25, 0.3) is 0 Å². The Morgan fingerprint density at radius 3 is 2.65 bits per heavy atom. The molecule has 1 aromatic carbocycles. The molecule has 3 heteroatoms. The zero-order valence-electron chi connectivity index (χ0n) is 12.4. The number of rotatable bonds is 1. The molecule has 0 spiro atoms. The van der Waals surface area contributed by atoms with E-state index in [4.69, 9.17) is 0 Å². The first-order valence-corrected chi connectivity index (χ1v) is 7.78. The van der Waals surface area contributed by atoms with Crippen molar-refractivity contribution in [3.63, 3.8) is 0 Å². The summed E-state index contributed by atoms with van der Waals surface area (Å²) in [6.07, 6.45) is 3.17. The third-order valence-electron chi connectivity index (χ3n) is 4.86. The first-order valence-electron chi connectivity index (χ1n) is 7.78. The predicted octanol–water partition coefficient (Wildman–Crippen LogP) is 2.92. The molecule has 3 rings (SSSR count). The lowest BCUT2D eigenvalue weighted by Gasteiger charge is -2.37. The molecule has 1 saturated heterocycles. The highest BCUT2D eigenvalue weighted by Gasteiger charge is 2.34. The maximum Gasteiger partial charge on any atom is 0.228 e. The number of carbonyl (C=O) groups is 1. The number of nitrogens with one attached hydrogen (secondary N) is 1. The molecule has 2 atom stereocenters. The highest BCUT2D eigenvalue weighted by molar-refractivity contribution is 5.81. The van der Waals surface area contributed by atoms with E-state index in [0.717, 1.165) is 38.3 Å². The fraction of sp³-hybridized carbons (Fsp3) is 0.588. The Morgan fingerprint density at radius 2 is 1.90 bits per heavy atom. The van der Waals surface area contributed by atoms with Gasteiger partial charge in [-0.15, -0.1) is 0 Å². The molecule has 0 bridgehead atoms. The molecule has 20 heavy (non-hydrogen) atoms. The van der Waals surface area contributed by atoms with E-state index >= 15 is 0 Å². The van der Waals surface area contributed by atoms with Crippen LogP contribution in [0, 0.1) is 11.8 Å². The summed E-state index contributed by atoms with van der Waals surface area (Å²) in [4.78, 5) is 14.8. The highest BCUT2D eigenvalue weighted by Crippen LogP contribution is 2.30. The van der Waals surface area contributed by atoms with Crippen LogP contribution in [-0.4, -0.2) is 29.9 Å². The Hall–Kier alpha value is -1.51. The molecule has 1 N–H and O–H groups in total. The standard InChI is InChI=1S/C17H24N2O/c1-12-7-9-19(10-8-12)17(20)15-11-14-5-3-4-6-16(14)18-13(15)2/h3-6,12-13,15,18H,7-11H2,1-2H3. The normalized spacial score (nSPS) is 26.8. The first-order chi connectivity index (χ1) is 9.65. The SMILES string of the molecule is CC1CCN(C(=O)C2Cc3ccccc3NC2C)CC1. The second kappa shape index (κ2) is 5.47. The van der Waals surface area contributed by atoms with Crippen LogP contribution in [-0.2, 0) is 11.2 Å². The zero-order chi connectivity index (χ0) is 14.1. The topological polar surface area (TPSA) is 32.3 Å².